The maximum atomic E-state index is 4.99. The maximum Gasteiger partial charge on any atom is 2.00 e. The predicted octanol–water partition coefficient (Wildman–Crippen LogP) is 4.34. The Kier molecular flexibility index (Phi) is 27.1. The standard InChI is InChI=1S/2C5H12S.2CH4.Sn/c2*1-4-5(2,3)6;;;/h2*6H,4H2,1-3H3;2*1H4;/q;;;;+2/p-2. The first kappa shape index (κ1) is 30.0. The van der Waals surface area contributed by atoms with Gasteiger partial charge in [0.05, 0.1) is 0 Å². The molecule has 0 aliphatic carbocycles. The smallest absolute Gasteiger partial charge is 0.786 e. The maximum absolute atomic E-state index is 4.99. The minimum atomic E-state index is 0. The van der Waals surface area contributed by atoms with E-state index in [4.69, 9.17) is 25.3 Å². The van der Waals surface area contributed by atoms with Gasteiger partial charge in [0.2, 0.25) is 0 Å². The summed E-state index contributed by atoms with van der Waals surface area (Å²) in [4.78, 5) is 0. The zero-order chi connectivity index (χ0) is 10.4. The van der Waals surface area contributed by atoms with Crippen molar-refractivity contribution in [2.24, 2.45) is 0 Å². The van der Waals surface area contributed by atoms with Crippen LogP contribution in [-0.4, -0.2) is 33.4 Å². The Bertz CT molecular complexity index is 87.2. The molecule has 0 aromatic rings. The van der Waals surface area contributed by atoms with Crippen LogP contribution in [0, 0.1) is 0 Å². The third kappa shape index (κ3) is 50.2. The van der Waals surface area contributed by atoms with Gasteiger partial charge in [-0.15, -0.1) is 0 Å². The van der Waals surface area contributed by atoms with E-state index in [1.165, 1.54) is 0 Å². The molecule has 0 aromatic carbocycles. The van der Waals surface area contributed by atoms with Gasteiger partial charge in [-0.25, -0.2) is 0 Å². The zero-order valence-electron chi connectivity index (χ0n) is 9.73. The molecule has 0 bridgehead atoms. The van der Waals surface area contributed by atoms with Gasteiger partial charge in [0.1, 0.15) is 0 Å². The van der Waals surface area contributed by atoms with E-state index in [2.05, 4.69) is 41.5 Å². The third-order valence-electron chi connectivity index (χ3n) is 1.70. The molecular formula is C12H30S2Sn. The molecule has 0 atom stereocenters. The fourth-order valence-electron chi connectivity index (χ4n) is 0. The van der Waals surface area contributed by atoms with Crippen LogP contribution in [0.5, 0.6) is 0 Å². The summed E-state index contributed by atoms with van der Waals surface area (Å²) in [5.74, 6) is 0. The summed E-state index contributed by atoms with van der Waals surface area (Å²) in [6.07, 6.45) is 2.17. The number of rotatable bonds is 2. The van der Waals surface area contributed by atoms with E-state index in [9.17, 15) is 0 Å². The van der Waals surface area contributed by atoms with Crippen molar-refractivity contribution in [3.05, 3.63) is 0 Å². The van der Waals surface area contributed by atoms with Crippen LogP contribution in [0.2, 0.25) is 0 Å². The van der Waals surface area contributed by atoms with Crippen LogP contribution in [0.4, 0.5) is 0 Å². The SMILES string of the molecule is C.C.CCC(C)(C)[S-].CCC(C)(C)[S-].[Sn+2]. The Morgan fingerprint density at radius 1 is 0.733 bits per heavy atom. The number of hydrogen-bond acceptors (Lipinski definition) is 2. The van der Waals surface area contributed by atoms with Crippen molar-refractivity contribution in [3.8, 4) is 0 Å². The van der Waals surface area contributed by atoms with Crippen molar-refractivity contribution >= 4 is 49.2 Å². The molecule has 3 heteroatoms. The van der Waals surface area contributed by atoms with Gasteiger partial charge in [-0.05, 0) is 0 Å². The molecule has 0 saturated heterocycles. The second-order valence-corrected chi connectivity index (χ2v) is 6.44. The normalized spacial score (nSPS) is 9.60. The molecule has 0 aliphatic rings. The average molecular weight is 357 g/mol. The van der Waals surface area contributed by atoms with Crippen LogP contribution < -0.4 is 0 Å². The van der Waals surface area contributed by atoms with E-state index in [1.54, 1.807) is 0 Å². The van der Waals surface area contributed by atoms with Gasteiger partial charge >= 0.3 is 23.9 Å². The molecule has 0 saturated carbocycles. The van der Waals surface area contributed by atoms with Crippen LogP contribution in [-0.2, 0) is 25.3 Å². The molecule has 0 rings (SSSR count). The summed E-state index contributed by atoms with van der Waals surface area (Å²) in [7, 11) is 0. The Morgan fingerprint density at radius 2 is 0.800 bits per heavy atom. The molecule has 0 aromatic heterocycles. The van der Waals surface area contributed by atoms with Crippen molar-refractivity contribution in [2.45, 2.75) is 78.7 Å². The van der Waals surface area contributed by atoms with Crippen molar-refractivity contribution in [2.75, 3.05) is 0 Å². The molecule has 0 heterocycles. The summed E-state index contributed by atoms with van der Waals surface area (Å²) in [5.41, 5.74) is 0. The molecule has 0 nitrogen and oxygen atoms in total. The molecule has 0 fully saturated rings. The van der Waals surface area contributed by atoms with Crippen LogP contribution in [0.3, 0.4) is 0 Å². The summed E-state index contributed by atoms with van der Waals surface area (Å²) >= 11 is 9.97. The second kappa shape index (κ2) is 13.6. The molecule has 94 valence electrons. The summed E-state index contributed by atoms with van der Waals surface area (Å²) < 4.78 is 0.250. The summed E-state index contributed by atoms with van der Waals surface area (Å²) in [6, 6.07) is 0. The molecule has 15 heavy (non-hydrogen) atoms. The van der Waals surface area contributed by atoms with Crippen molar-refractivity contribution in [1.29, 1.82) is 0 Å². The Morgan fingerprint density at radius 3 is 0.800 bits per heavy atom. The topological polar surface area (TPSA) is 0 Å². The van der Waals surface area contributed by atoms with E-state index in [-0.39, 0.29) is 48.3 Å². The van der Waals surface area contributed by atoms with E-state index >= 15 is 0 Å². The van der Waals surface area contributed by atoms with E-state index in [1.807, 2.05) is 0 Å². The predicted molar refractivity (Wildman–Crippen MR) is 82.7 cm³/mol. The monoisotopic (exact) mass is 358 g/mol. The summed E-state index contributed by atoms with van der Waals surface area (Å²) in [5, 5.41) is 0. The van der Waals surface area contributed by atoms with Gasteiger partial charge < -0.3 is 25.3 Å². The van der Waals surface area contributed by atoms with Crippen molar-refractivity contribution < 1.29 is 0 Å². The van der Waals surface area contributed by atoms with Gasteiger partial charge in [-0.2, -0.15) is 9.49 Å². The average Bonchev–Trinajstić information content (AvgIpc) is 1.86. The minimum Gasteiger partial charge on any atom is -0.786 e. The molecule has 0 aliphatic heterocycles. The van der Waals surface area contributed by atoms with Crippen molar-refractivity contribution in [3.63, 3.8) is 0 Å². The van der Waals surface area contributed by atoms with Crippen LogP contribution in [0.1, 0.15) is 69.2 Å². The van der Waals surface area contributed by atoms with Gasteiger partial charge in [0.15, 0.2) is 0 Å². The quantitative estimate of drug-likeness (QED) is 0.533. The Balaban J connectivity index is -0.0000000370. The van der Waals surface area contributed by atoms with Crippen LogP contribution in [0.25, 0.3) is 0 Å². The summed E-state index contributed by atoms with van der Waals surface area (Å²) in [6.45, 7) is 12.4. The molecular weight excluding hydrogens is 327 g/mol. The van der Waals surface area contributed by atoms with E-state index in [0.29, 0.717) is 0 Å². The fourth-order valence-corrected chi connectivity index (χ4v) is 0. The van der Waals surface area contributed by atoms with Gasteiger partial charge in [-0.3, -0.25) is 0 Å². The van der Waals surface area contributed by atoms with Gasteiger partial charge in [-0.1, -0.05) is 69.2 Å². The first-order valence-electron chi connectivity index (χ1n) is 4.53. The second-order valence-electron chi connectivity index (χ2n) is 4.23. The van der Waals surface area contributed by atoms with E-state index in [0.717, 1.165) is 12.8 Å². The zero-order valence-corrected chi connectivity index (χ0v) is 14.2. The first-order valence-corrected chi connectivity index (χ1v) is 5.35. The van der Waals surface area contributed by atoms with Gasteiger partial charge in [0.25, 0.3) is 0 Å². The van der Waals surface area contributed by atoms with Crippen LogP contribution >= 0.6 is 0 Å². The molecule has 0 N–H and O–H groups in total. The largest absolute Gasteiger partial charge is 2.00 e. The fraction of sp³-hybridized carbons (Fsp3) is 1.00. The van der Waals surface area contributed by atoms with Gasteiger partial charge in [0, 0.05) is 0 Å². The molecule has 0 amide bonds. The Hall–Kier alpha value is 1.50. The number of hydrogen-bond donors (Lipinski definition) is 0. The Labute approximate surface area is 127 Å². The first-order chi connectivity index (χ1) is 5.12. The third-order valence-corrected chi connectivity index (χ3v) is 2.28. The molecule has 2 radical (unpaired) electrons. The van der Waals surface area contributed by atoms with Crippen molar-refractivity contribution in [1.82, 2.24) is 0 Å². The molecule has 0 spiro atoms. The van der Waals surface area contributed by atoms with Crippen LogP contribution in [0.15, 0.2) is 0 Å². The minimum absolute atomic E-state index is 0. The van der Waals surface area contributed by atoms with E-state index < -0.39 is 0 Å². The molecule has 0 unspecified atom stereocenters.